The monoisotopic (exact) mass is 396 g/mol. The van der Waals surface area contributed by atoms with E-state index in [-0.39, 0.29) is 6.04 Å². The van der Waals surface area contributed by atoms with Crippen molar-refractivity contribution in [3.63, 3.8) is 0 Å². The molecule has 2 fully saturated rings. The Labute approximate surface area is 173 Å². The van der Waals surface area contributed by atoms with Gasteiger partial charge in [0.25, 0.3) is 11.7 Å². The molecule has 154 valence electrons. The zero-order valence-corrected chi connectivity index (χ0v) is 17.4. The van der Waals surface area contributed by atoms with E-state index in [1.807, 2.05) is 12.3 Å². The summed E-state index contributed by atoms with van der Waals surface area (Å²) in [5.41, 5.74) is 1.38. The summed E-state index contributed by atoms with van der Waals surface area (Å²) in [6.07, 6.45) is 1.97. The molecule has 2 aliphatic rings. The molecule has 0 aliphatic carbocycles. The predicted molar refractivity (Wildman–Crippen MR) is 113 cm³/mol. The van der Waals surface area contributed by atoms with Crippen molar-refractivity contribution in [1.29, 1.82) is 0 Å². The summed E-state index contributed by atoms with van der Waals surface area (Å²) in [4.78, 5) is 23.9. The fourth-order valence-corrected chi connectivity index (χ4v) is 4.60. The van der Waals surface area contributed by atoms with Crippen LogP contribution < -0.4 is 19.7 Å². The van der Waals surface area contributed by atoms with E-state index in [1.165, 1.54) is 16.3 Å². The van der Waals surface area contributed by atoms with Crippen molar-refractivity contribution in [2.45, 2.75) is 19.5 Å². The van der Waals surface area contributed by atoms with Gasteiger partial charge in [0.2, 0.25) is 0 Å². The number of hydrogen-bond donors (Lipinski definition) is 2. The van der Waals surface area contributed by atoms with Crippen LogP contribution in [-0.4, -0.2) is 69.2 Å². The third-order valence-electron chi connectivity index (χ3n) is 6.50. The highest BCUT2D eigenvalue weighted by atomic mass is 16.2. The molecule has 1 amide bonds. The molecular weight excluding hydrogens is 362 g/mol. The third-order valence-corrected chi connectivity index (χ3v) is 6.50. The van der Waals surface area contributed by atoms with Gasteiger partial charge in [-0.15, -0.1) is 0 Å². The standard InChI is InChI=1S/C23H31N5O/c1-20(26-15-17-27(18-16-26)22-9-5-6-10-24-22)23(29)28-13-11-25(12-14-28)19-21-7-3-2-4-8-21/h2-10,20H,11-19H2,1H3/p+3/t20-/m0/s1. The SMILES string of the molecule is C[C@@H](C(=O)N1CC[NH+](Cc2ccccc2)CC1)[NH+]1CCN(c2cccc[nH+]2)CC1. The number of piperazine rings is 2. The molecule has 6 heteroatoms. The van der Waals surface area contributed by atoms with Crippen LogP contribution in [0.3, 0.4) is 0 Å². The average Bonchev–Trinajstić information content (AvgIpc) is 2.80. The zero-order valence-electron chi connectivity index (χ0n) is 17.4. The Balaban J connectivity index is 1.24. The average molecular weight is 397 g/mol. The Hall–Kier alpha value is -2.44. The van der Waals surface area contributed by atoms with Crippen LogP contribution in [0.25, 0.3) is 0 Å². The Bertz CT molecular complexity index is 768. The number of rotatable bonds is 5. The largest absolute Gasteiger partial charge is 0.328 e. The number of benzene rings is 1. The lowest BCUT2D eigenvalue weighted by molar-refractivity contribution is -0.920. The van der Waals surface area contributed by atoms with Crippen molar-refractivity contribution in [2.24, 2.45) is 0 Å². The van der Waals surface area contributed by atoms with Crippen LogP contribution in [0.1, 0.15) is 12.5 Å². The minimum absolute atomic E-state index is 0.0487. The molecule has 0 saturated carbocycles. The third kappa shape index (κ3) is 4.95. The lowest BCUT2D eigenvalue weighted by atomic mass is 10.1. The lowest BCUT2D eigenvalue weighted by Gasteiger charge is -2.36. The van der Waals surface area contributed by atoms with Crippen molar-refractivity contribution in [2.75, 3.05) is 57.3 Å². The van der Waals surface area contributed by atoms with Gasteiger partial charge >= 0.3 is 0 Å². The summed E-state index contributed by atoms with van der Waals surface area (Å²) < 4.78 is 0. The van der Waals surface area contributed by atoms with Crippen LogP contribution in [0.2, 0.25) is 0 Å². The van der Waals surface area contributed by atoms with Crippen molar-refractivity contribution >= 4 is 11.7 Å². The van der Waals surface area contributed by atoms with E-state index >= 15 is 0 Å². The van der Waals surface area contributed by atoms with Gasteiger partial charge in [-0.1, -0.05) is 36.4 Å². The maximum absolute atomic E-state index is 13.1. The van der Waals surface area contributed by atoms with Gasteiger partial charge < -0.3 is 14.7 Å². The second kappa shape index (κ2) is 9.37. The maximum Gasteiger partial charge on any atom is 0.280 e. The van der Waals surface area contributed by atoms with E-state index in [1.54, 1.807) is 4.90 Å². The molecule has 2 saturated heterocycles. The summed E-state index contributed by atoms with van der Waals surface area (Å²) in [5, 5.41) is 0. The molecule has 1 aromatic carbocycles. The van der Waals surface area contributed by atoms with Crippen LogP contribution in [0.4, 0.5) is 5.82 Å². The van der Waals surface area contributed by atoms with Gasteiger partial charge in [-0.3, -0.25) is 9.69 Å². The number of aromatic amines is 1. The Kier molecular flexibility index (Phi) is 6.42. The van der Waals surface area contributed by atoms with Gasteiger partial charge in [0.15, 0.2) is 6.04 Å². The summed E-state index contributed by atoms with van der Waals surface area (Å²) in [7, 11) is 0. The summed E-state index contributed by atoms with van der Waals surface area (Å²) in [5.74, 6) is 1.50. The van der Waals surface area contributed by atoms with Crippen LogP contribution in [0, 0.1) is 0 Å². The number of carbonyl (C=O) groups is 1. The molecule has 4 rings (SSSR count). The quantitative estimate of drug-likeness (QED) is 0.648. The van der Waals surface area contributed by atoms with E-state index in [0.29, 0.717) is 5.91 Å². The molecule has 0 unspecified atom stereocenters. The van der Waals surface area contributed by atoms with Gasteiger partial charge in [-0.2, -0.15) is 0 Å². The topological polar surface area (TPSA) is 46.6 Å². The van der Waals surface area contributed by atoms with Crippen LogP contribution >= 0.6 is 0 Å². The second-order valence-electron chi connectivity index (χ2n) is 8.35. The van der Waals surface area contributed by atoms with Gasteiger partial charge in [0, 0.05) is 11.6 Å². The minimum Gasteiger partial charge on any atom is -0.328 e. The first-order valence-corrected chi connectivity index (χ1v) is 10.9. The molecule has 1 atom stereocenters. The number of nitrogens with one attached hydrogen (secondary N) is 3. The Morgan fingerprint density at radius 3 is 2.31 bits per heavy atom. The Morgan fingerprint density at radius 1 is 0.966 bits per heavy atom. The first-order valence-electron chi connectivity index (χ1n) is 10.9. The van der Waals surface area contributed by atoms with Crippen molar-refractivity contribution < 1.29 is 19.6 Å². The highest BCUT2D eigenvalue weighted by Gasteiger charge is 2.36. The fraction of sp³-hybridized carbons (Fsp3) is 0.478. The summed E-state index contributed by atoms with van der Waals surface area (Å²) in [6, 6.07) is 16.9. The molecule has 6 nitrogen and oxygen atoms in total. The fourth-order valence-electron chi connectivity index (χ4n) is 4.60. The van der Waals surface area contributed by atoms with Gasteiger partial charge in [0.1, 0.15) is 32.7 Å². The Morgan fingerprint density at radius 2 is 1.66 bits per heavy atom. The number of carbonyl (C=O) groups excluding carboxylic acids is 1. The normalized spacial score (nSPS) is 19.9. The second-order valence-corrected chi connectivity index (χ2v) is 8.35. The number of pyridine rings is 1. The number of aromatic nitrogens is 1. The lowest BCUT2D eigenvalue weighted by Crippen LogP contribution is -3.19. The molecule has 0 bridgehead atoms. The number of H-pyrrole nitrogens is 1. The first kappa shape index (κ1) is 19.9. The van der Waals surface area contributed by atoms with E-state index in [2.05, 4.69) is 64.2 Å². The molecule has 29 heavy (non-hydrogen) atoms. The van der Waals surface area contributed by atoms with Gasteiger partial charge in [-0.05, 0) is 13.0 Å². The molecule has 3 heterocycles. The summed E-state index contributed by atoms with van der Waals surface area (Å²) >= 11 is 0. The number of amides is 1. The van der Waals surface area contributed by atoms with E-state index in [4.69, 9.17) is 0 Å². The molecule has 2 aliphatic heterocycles. The van der Waals surface area contributed by atoms with E-state index in [0.717, 1.165) is 58.9 Å². The van der Waals surface area contributed by atoms with Gasteiger partial charge in [-0.25, -0.2) is 4.98 Å². The highest BCUT2D eigenvalue weighted by molar-refractivity contribution is 5.80. The van der Waals surface area contributed by atoms with Crippen molar-refractivity contribution in [3.8, 4) is 0 Å². The maximum atomic E-state index is 13.1. The minimum atomic E-state index is 0.0487. The number of hydrogen-bond acceptors (Lipinski definition) is 2. The first-order chi connectivity index (χ1) is 14.2. The summed E-state index contributed by atoms with van der Waals surface area (Å²) in [6.45, 7) is 11.0. The van der Waals surface area contributed by atoms with Gasteiger partial charge in [0.05, 0.1) is 32.4 Å². The molecule has 0 spiro atoms. The number of nitrogens with zero attached hydrogens (tertiary/aromatic N) is 2. The molecule has 3 N–H and O–H groups in total. The molecule has 0 radical (unpaired) electrons. The highest BCUT2D eigenvalue weighted by Crippen LogP contribution is 2.05. The molecular formula is C23H34N5O+3. The smallest absolute Gasteiger partial charge is 0.280 e. The van der Waals surface area contributed by atoms with Crippen LogP contribution in [0.5, 0.6) is 0 Å². The van der Waals surface area contributed by atoms with Crippen LogP contribution in [-0.2, 0) is 11.3 Å². The molecule has 1 aromatic heterocycles. The van der Waals surface area contributed by atoms with Crippen molar-refractivity contribution in [3.05, 3.63) is 60.3 Å². The van der Waals surface area contributed by atoms with Crippen molar-refractivity contribution in [1.82, 2.24) is 4.90 Å². The van der Waals surface area contributed by atoms with Crippen LogP contribution in [0.15, 0.2) is 54.7 Å². The number of quaternary nitrogens is 2. The predicted octanol–water partition coefficient (Wildman–Crippen LogP) is -1.48. The number of anilines is 1. The van der Waals surface area contributed by atoms with E-state index in [9.17, 15) is 4.79 Å². The molecule has 2 aromatic rings. The zero-order chi connectivity index (χ0) is 20.1. The van der Waals surface area contributed by atoms with E-state index < -0.39 is 0 Å².